The van der Waals surface area contributed by atoms with Crippen molar-refractivity contribution in [2.75, 3.05) is 19.5 Å². The van der Waals surface area contributed by atoms with Crippen molar-refractivity contribution in [1.82, 2.24) is 9.97 Å². The minimum absolute atomic E-state index is 0.252. The highest BCUT2D eigenvalue weighted by atomic mass is 16.5. The van der Waals surface area contributed by atoms with Crippen LogP contribution < -0.4 is 14.8 Å². The van der Waals surface area contributed by atoms with Crippen LogP contribution in [0, 0.1) is 0 Å². The van der Waals surface area contributed by atoms with Gasteiger partial charge in [0.05, 0.1) is 19.7 Å². The van der Waals surface area contributed by atoms with Crippen LogP contribution in [0.4, 0.5) is 5.82 Å². The standard InChI is InChI=1S/C20H21N3O3/c1-25-17-9-15-16(10-18(17)26-2)22-19(13-6-7-13)23-20(15)21-11-12-4-3-5-14(24)8-12/h3-5,8-10,13,24H,6-7,11H2,1-2H3,(H,21,22,23). The summed E-state index contributed by atoms with van der Waals surface area (Å²) in [5.74, 6) is 3.61. The Labute approximate surface area is 151 Å². The zero-order valence-electron chi connectivity index (χ0n) is 14.8. The van der Waals surface area contributed by atoms with E-state index in [0.29, 0.717) is 24.0 Å². The van der Waals surface area contributed by atoms with E-state index in [2.05, 4.69) is 5.32 Å². The number of anilines is 1. The molecule has 4 rings (SSSR count). The van der Waals surface area contributed by atoms with Gasteiger partial charge in [-0.15, -0.1) is 0 Å². The van der Waals surface area contributed by atoms with Crippen LogP contribution in [0.1, 0.15) is 30.1 Å². The monoisotopic (exact) mass is 351 g/mol. The smallest absolute Gasteiger partial charge is 0.162 e. The van der Waals surface area contributed by atoms with Gasteiger partial charge in [-0.1, -0.05) is 12.1 Å². The van der Waals surface area contributed by atoms with E-state index in [1.165, 1.54) is 0 Å². The Balaban J connectivity index is 1.75. The van der Waals surface area contributed by atoms with E-state index < -0.39 is 0 Å². The molecule has 6 nitrogen and oxygen atoms in total. The minimum atomic E-state index is 0.252. The third kappa shape index (κ3) is 3.22. The molecule has 26 heavy (non-hydrogen) atoms. The van der Waals surface area contributed by atoms with Crippen LogP contribution in [0.3, 0.4) is 0 Å². The maximum atomic E-state index is 9.65. The van der Waals surface area contributed by atoms with E-state index in [1.807, 2.05) is 24.3 Å². The first-order valence-electron chi connectivity index (χ1n) is 8.63. The molecule has 0 unspecified atom stereocenters. The molecule has 2 aromatic carbocycles. The van der Waals surface area contributed by atoms with Crippen molar-refractivity contribution in [1.29, 1.82) is 0 Å². The number of rotatable bonds is 6. The Hall–Kier alpha value is -3.02. The molecular weight excluding hydrogens is 330 g/mol. The van der Waals surface area contributed by atoms with E-state index in [1.54, 1.807) is 26.4 Å². The number of phenols is 1. The van der Waals surface area contributed by atoms with Crippen LogP contribution in [0.2, 0.25) is 0 Å². The van der Waals surface area contributed by atoms with Gasteiger partial charge >= 0.3 is 0 Å². The number of phenolic OH excluding ortho intramolecular Hbond substituents is 1. The van der Waals surface area contributed by atoms with Gasteiger partial charge in [-0.3, -0.25) is 0 Å². The van der Waals surface area contributed by atoms with E-state index >= 15 is 0 Å². The lowest BCUT2D eigenvalue weighted by Crippen LogP contribution is -2.06. The van der Waals surface area contributed by atoms with E-state index in [9.17, 15) is 5.11 Å². The largest absolute Gasteiger partial charge is 0.508 e. The number of hydrogen-bond acceptors (Lipinski definition) is 6. The van der Waals surface area contributed by atoms with Gasteiger partial charge < -0.3 is 19.9 Å². The normalized spacial score (nSPS) is 13.6. The highest BCUT2D eigenvalue weighted by molar-refractivity contribution is 5.92. The summed E-state index contributed by atoms with van der Waals surface area (Å²) in [5, 5.41) is 13.9. The summed E-state index contributed by atoms with van der Waals surface area (Å²) in [6.07, 6.45) is 2.26. The van der Waals surface area contributed by atoms with Crippen molar-refractivity contribution in [3.05, 3.63) is 47.8 Å². The Morgan fingerprint density at radius 1 is 1.08 bits per heavy atom. The number of methoxy groups -OCH3 is 2. The molecule has 0 saturated heterocycles. The van der Waals surface area contributed by atoms with E-state index in [-0.39, 0.29) is 5.75 Å². The number of benzene rings is 2. The van der Waals surface area contributed by atoms with E-state index in [4.69, 9.17) is 19.4 Å². The molecule has 0 bridgehead atoms. The number of hydrogen-bond donors (Lipinski definition) is 2. The molecule has 0 amide bonds. The molecule has 134 valence electrons. The molecule has 0 radical (unpaired) electrons. The zero-order valence-corrected chi connectivity index (χ0v) is 14.8. The molecule has 0 spiro atoms. The van der Waals surface area contributed by atoms with Gasteiger partial charge in [0, 0.05) is 23.9 Å². The van der Waals surface area contributed by atoms with Gasteiger partial charge in [0.25, 0.3) is 0 Å². The van der Waals surface area contributed by atoms with Gasteiger partial charge in [0.2, 0.25) is 0 Å². The van der Waals surface area contributed by atoms with Crippen LogP contribution >= 0.6 is 0 Å². The third-order valence-corrected chi connectivity index (χ3v) is 4.53. The Kier molecular flexibility index (Phi) is 4.24. The highest BCUT2D eigenvalue weighted by Gasteiger charge is 2.28. The molecule has 0 atom stereocenters. The predicted molar refractivity (Wildman–Crippen MR) is 100 cm³/mol. The molecule has 1 heterocycles. The Bertz CT molecular complexity index is 954. The average molecular weight is 351 g/mol. The summed E-state index contributed by atoms with van der Waals surface area (Å²) in [6.45, 7) is 0.555. The molecule has 0 aliphatic heterocycles. The number of aromatic nitrogens is 2. The third-order valence-electron chi connectivity index (χ3n) is 4.53. The van der Waals surface area contributed by atoms with Crippen LogP contribution in [0.15, 0.2) is 36.4 Å². The summed E-state index contributed by atoms with van der Waals surface area (Å²) in [5.41, 5.74) is 1.81. The minimum Gasteiger partial charge on any atom is -0.508 e. The molecule has 1 aliphatic rings. The maximum Gasteiger partial charge on any atom is 0.162 e. The van der Waals surface area contributed by atoms with Crippen molar-refractivity contribution < 1.29 is 14.6 Å². The lowest BCUT2D eigenvalue weighted by molar-refractivity contribution is 0.356. The lowest BCUT2D eigenvalue weighted by Gasteiger charge is -2.14. The predicted octanol–water partition coefficient (Wildman–Crippen LogP) is 3.84. The zero-order chi connectivity index (χ0) is 18.1. The fraction of sp³-hybridized carbons (Fsp3) is 0.300. The lowest BCUT2D eigenvalue weighted by atomic mass is 10.1. The van der Waals surface area contributed by atoms with Gasteiger partial charge in [-0.05, 0) is 36.6 Å². The SMILES string of the molecule is COc1cc2nc(C3CC3)nc(NCc3cccc(O)c3)c2cc1OC. The van der Waals surface area contributed by atoms with Crippen LogP contribution in [-0.4, -0.2) is 29.3 Å². The summed E-state index contributed by atoms with van der Waals surface area (Å²) < 4.78 is 10.8. The second-order valence-corrected chi connectivity index (χ2v) is 6.45. The number of nitrogens with one attached hydrogen (secondary N) is 1. The molecule has 2 N–H and O–H groups in total. The summed E-state index contributed by atoms with van der Waals surface area (Å²) in [6, 6.07) is 11.0. The molecule has 1 aliphatic carbocycles. The molecule has 6 heteroatoms. The van der Waals surface area contributed by atoms with Crippen LogP contribution in [0.25, 0.3) is 10.9 Å². The first kappa shape index (κ1) is 16.4. The summed E-state index contributed by atoms with van der Waals surface area (Å²) >= 11 is 0. The van der Waals surface area contributed by atoms with Crippen LogP contribution in [0.5, 0.6) is 17.2 Å². The van der Waals surface area contributed by atoms with E-state index in [0.717, 1.165) is 41.0 Å². The number of aromatic hydroxyl groups is 1. The van der Waals surface area contributed by atoms with Crippen molar-refractivity contribution in [3.63, 3.8) is 0 Å². The molecule has 1 saturated carbocycles. The van der Waals surface area contributed by atoms with Crippen molar-refractivity contribution in [2.45, 2.75) is 25.3 Å². The van der Waals surface area contributed by atoms with Crippen LogP contribution in [-0.2, 0) is 6.54 Å². The fourth-order valence-electron chi connectivity index (χ4n) is 2.98. The molecule has 3 aromatic rings. The quantitative estimate of drug-likeness (QED) is 0.703. The van der Waals surface area contributed by atoms with Crippen molar-refractivity contribution >= 4 is 16.7 Å². The topological polar surface area (TPSA) is 76.5 Å². The highest BCUT2D eigenvalue weighted by Crippen LogP contribution is 2.41. The summed E-state index contributed by atoms with van der Waals surface area (Å²) in [4.78, 5) is 9.47. The average Bonchev–Trinajstić information content (AvgIpc) is 3.50. The fourth-order valence-corrected chi connectivity index (χ4v) is 2.98. The second-order valence-electron chi connectivity index (χ2n) is 6.45. The number of ether oxygens (including phenoxy) is 2. The number of fused-ring (bicyclic) bond motifs is 1. The van der Waals surface area contributed by atoms with Gasteiger partial charge in [0.1, 0.15) is 17.4 Å². The van der Waals surface area contributed by atoms with Gasteiger partial charge in [-0.25, -0.2) is 9.97 Å². The summed E-state index contributed by atoms with van der Waals surface area (Å²) in [7, 11) is 3.23. The first-order valence-corrected chi connectivity index (χ1v) is 8.63. The second kappa shape index (κ2) is 6.71. The Morgan fingerprint density at radius 2 is 1.85 bits per heavy atom. The molecule has 1 aromatic heterocycles. The van der Waals surface area contributed by atoms with Crippen molar-refractivity contribution in [2.24, 2.45) is 0 Å². The van der Waals surface area contributed by atoms with Gasteiger partial charge in [-0.2, -0.15) is 0 Å². The Morgan fingerprint density at radius 3 is 2.54 bits per heavy atom. The first-order chi connectivity index (χ1) is 12.7. The maximum absolute atomic E-state index is 9.65. The molecular formula is C20H21N3O3. The van der Waals surface area contributed by atoms with Crippen molar-refractivity contribution in [3.8, 4) is 17.2 Å². The molecule has 1 fully saturated rings. The number of nitrogens with zero attached hydrogens (tertiary/aromatic N) is 2. The van der Waals surface area contributed by atoms with Gasteiger partial charge in [0.15, 0.2) is 11.5 Å².